The van der Waals surface area contributed by atoms with Crippen LogP contribution < -0.4 is 10.2 Å². The molecule has 2 amide bonds. The molecule has 0 aromatic heterocycles. The fourth-order valence-electron chi connectivity index (χ4n) is 1.68. The van der Waals surface area contributed by atoms with E-state index in [4.69, 9.17) is 0 Å². The number of carbonyl (C=O) groups is 2. The van der Waals surface area contributed by atoms with Crippen molar-refractivity contribution in [2.45, 2.75) is 6.18 Å². The quantitative estimate of drug-likeness (QED) is 0.769. The van der Waals surface area contributed by atoms with Gasteiger partial charge in [0.2, 0.25) is 0 Å². The zero-order chi connectivity index (χ0) is 13.3. The Bertz CT molecular complexity index is 499. The molecular weight excluding hydrogens is 249 g/mol. The van der Waals surface area contributed by atoms with Crippen LogP contribution in [0.2, 0.25) is 0 Å². The van der Waals surface area contributed by atoms with E-state index in [1.54, 1.807) is 0 Å². The molecule has 7 heteroatoms. The normalized spacial score (nSPS) is 16.7. The Labute approximate surface area is 100 Å². The third kappa shape index (κ3) is 2.29. The molecule has 18 heavy (non-hydrogen) atoms. The van der Waals surface area contributed by atoms with Crippen LogP contribution in [0.1, 0.15) is 5.56 Å². The molecule has 2 rings (SSSR count). The molecular formula is C11H9F3N2O2. The molecule has 0 saturated carbocycles. The number of rotatable bonds is 1. The molecule has 1 aromatic carbocycles. The molecule has 0 atom stereocenters. The fraction of sp³-hybridized carbons (Fsp3) is 0.273. The molecule has 0 radical (unpaired) electrons. The average molecular weight is 258 g/mol. The molecule has 4 nitrogen and oxygen atoms in total. The Hall–Kier alpha value is -2.05. The number of alkyl halides is 3. The molecule has 0 spiro atoms. The largest absolute Gasteiger partial charge is 0.416 e. The number of hydrogen-bond donors (Lipinski definition) is 1. The highest BCUT2D eigenvalue weighted by atomic mass is 19.4. The van der Waals surface area contributed by atoms with Gasteiger partial charge in [-0.3, -0.25) is 9.59 Å². The number of benzene rings is 1. The van der Waals surface area contributed by atoms with Gasteiger partial charge in [-0.25, -0.2) is 0 Å². The number of carbonyl (C=O) groups excluding carboxylic acids is 2. The highest BCUT2D eigenvalue weighted by molar-refractivity contribution is 6.41. The minimum Gasteiger partial charge on any atom is -0.346 e. The highest BCUT2D eigenvalue weighted by Gasteiger charge is 2.32. The van der Waals surface area contributed by atoms with Crippen molar-refractivity contribution in [3.05, 3.63) is 29.8 Å². The van der Waals surface area contributed by atoms with Crippen LogP contribution in [0.3, 0.4) is 0 Å². The Morgan fingerprint density at radius 1 is 1.22 bits per heavy atom. The maximum absolute atomic E-state index is 12.5. The van der Waals surface area contributed by atoms with Crippen molar-refractivity contribution in [2.75, 3.05) is 18.0 Å². The third-order valence-electron chi connectivity index (χ3n) is 2.55. The Morgan fingerprint density at radius 3 is 2.61 bits per heavy atom. The smallest absolute Gasteiger partial charge is 0.346 e. The Balaban J connectivity index is 2.34. The Morgan fingerprint density at radius 2 is 1.94 bits per heavy atom. The molecule has 0 bridgehead atoms. The standard InChI is InChI=1S/C11H9F3N2O2/c12-11(13,14)7-2-1-3-8(6-7)16-5-4-15-9(17)10(16)18/h1-3,6H,4-5H2,(H,15,17). The van der Waals surface area contributed by atoms with Gasteiger partial charge in [-0.1, -0.05) is 6.07 Å². The maximum atomic E-state index is 12.5. The lowest BCUT2D eigenvalue weighted by Crippen LogP contribution is -2.52. The molecule has 0 aliphatic carbocycles. The van der Waals surface area contributed by atoms with Gasteiger partial charge in [-0.15, -0.1) is 0 Å². The summed E-state index contributed by atoms with van der Waals surface area (Å²) >= 11 is 0. The van der Waals surface area contributed by atoms with E-state index in [2.05, 4.69) is 5.32 Å². The molecule has 1 fully saturated rings. The number of piperazine rings is 1. The summed E-state index contributed by atoms with van der Waals surface area (Å²) in [6, 6.07) is 4.35. The summed E-state index contributed by atoms with van der Waals surface area (Å²) in [4.78, 5) is 23.7. The number of nitrogens with zero attached hydrogens (tertiary/aromatic N) is 1. The van der Waals surface area contributed by atoms with Crippen molar-refractivity contribution in [2.24, 2.45) is 0 Å². The van der Waals surface area contributed by atoms with Crippen LogP contribution in [0.25, 0.3) is 0 Å². The van der Waals surface area contributed by atoms with Gasteiger partial charge in [0.05, 0.1) is 5.56 Å². The van der Waals surface area contributed by atoms with Gasteiger partial charge in [0, 0.05) is 18.8 Å². The summed E-state index contributed by atoms with van der Waals surface area (Å²) in [6.45, 7) is 0.382. The minimum atomic E-state index is -4.48. The van der Waals surface area contributed by atoms with Gasteiger partial charge < -0.3 is 10.2 Å². The second kappa shape index (κ2) is 4.32. The second-order valence-electron chi connectivity index (χ2n) is 3.76. The molecule has 1 aliphatic heterocycles. The number of hydrogen-bond acceptors (Lipinski definition) is 2. The number of anilines is 1. The predicted octanol–water partition coefficient (Wildman–Crippen LogP) is 1.17. The predicted molar refractivity (Wildman–Crippen MR) is 56.8 cm³/mol. The van der Waals surface area contributed by atoms with Crippen molar-refractivity contribution in [3.63, 3.8) is 0 Å². The summed E-state index contributed by atoms with van der Waals surface area (Å²) in [5, 5.41) is 2.32. The first-order valence-corrected chi connectivity index (χ1v) is 5.16. The number of nitrogens with one attached hydrogen (secondary N) is 1. The van der Waals surface area contributed by atoms with Crippen LogP contribution in [-0.4, -0.2) is 24.9 Å². The van der Waals surface area contributed by atoms with E-state index < -0.39 is 23.6 Å². The number of halogens is 3. The number of amides is 2. The topological polar surface area (TPSA) is 49.4 Å². The molecule has 96 valence electrons. The van der Waals surface area contributed by atoms with Gasteiger partial charge in [-0.2, -0.15) is 13.2 Å². The summed E-state index contributed by atoms with van der Waals surface area (Å²) in [6.07, 6.45) is -4.48. The van der Waals surface area contributed by atoms with E-state index in [-0.39, 0.29) is 18.8 Å². The van der Waals surface area contributed by atoms with E-state index >= 15 is 0 Å². The van der Waals surface area contributed by atoms with Crippen LogP contribution >= 0.6 is 0 Å². The van der Waals surface area contributed by atoms with E-state index in [9.17, 15) is 22.8 Å². The first-order chi connectivity index (χ1) is 8.39. The van der Waals surface area contributed by atoms with Crippen molar-refractivity contribution >= 4 is 17.5 Å². The summed E-state index contributed by atoms with van der Waals surface area (Å²) in [5.74, 6) is -1.65. The summed E-state index contributed by atoms with van der Waals surface area (Å²) in [7, 11) is 0. The zero-order valence-corrected chi connectivity index (χ0v) is 9.12. The van der Waals surface area contributed by atoms with Crippen LogP contribution in [0.15, 0.2) is 24.3 Å². The van der Waals surface area contributed by atoms with Crippen molar-refractivity contribution < 1.29 is 22.8 Å². The van der Waals surface area contributed by atoms with E-state index in [0.717, 1.165) is 17.0 Å². The van der Waals surface area contributed by atoms with Crippen LogP contribution in [0, 0.1) is 0 Å². The van der Waals surface area contributed by atoms with Crippen molar-refractivity contribution in [1.29, 1.82) is 0 Å². The van der Waals surface area contributed by atoms with Gasteiger partial charge in [-0.05, 0) is 18.2 Å². The summed E-state index contributed by atoms with van der Waals surface area (Å²) in [5.41, 5.74) is -0.775. The second-order valence-corrected chi connectivity index (χ2v) is 3.76. The van der Waals surface area contributed by atoms with Crippen LogP contribution in [0.5, 0.6) is 0 Å². The Kier molecular flexibility index (Phi) is 2.98. The van der Waals surface area contributed by atoms with E-state index in [0.29, 0.717) is 0 Å². The minimum absolute atomic E-state index is 0.0738. The van der Waals surface area contributed by atoms with Gasteiger partial charge >= 0.3 is 18.0 Å². The third-order valence-corrected chi connectivity index (χ3v) is 2.55. The monoisotopic (exact) mass is 258 g/mol. The first-order valence-electron chi connectivity index (χ1n) is 5.16. The van der Waals surface area contributed by atoms with Crippen molar-refractivity contribution in [3.8, 4) is 0 Å². The van der Waals surface area contributed by atoms with Gasteiger partial charge in [0.15, 0.2) is 0 Å². The van der Waals surface area contributed by atoms with E-state index in [1.807, 2.05) is 0 Å². The molecule has 1 aliphatic rings. The molecule has 1 N–H and O–H groups in total. The van der Waals surface area contributed by atoms with E-state index in [1.165, 1.54) is 12.1 Å². The molecule has 1 heterocycles. The lowest BCUT2D eigenvalue weighted by Gasteiger charge is -2.26. The lowest BCUT2D eigenvalue weighted by atomic mass is 10.1. The zero-order valence-electron chi connectivity index (χ0n) is 9.12. The highest BCUT2D eigenvalue weighted by Crippen LogP contribution is 2.31. The fourth-order valence-corrected chi connectivity index (χ4v) is 1.68. The van der Waals surface area contributed by atoms with Gasteiger partial charge in [0.1, 0.15) is 0 Å². The van der Waals surface area contributed by atoms with Gasteiger partial charge in [0.25, 0.3) is 0 Å². The molecule has 1 aromatic rings. The SMILES string of the molecule is O=C1NCCN(c2cccc(C(F)(F)F)c2)C1=O. The van der Waals surface area contributed by atoms with Crippen molar-refractivity contribution in [1.82, 2.24) is 5.32 Å². The molecule has 0 unspecified atom stereocenters. The average Bonchev–Trinajstić information content (AvgIpc) is 2.32. The van der Waals surface area contributed by atoms with Crippen LogP contribution in [0.4, 0.5) is 18.9 Å². The molecule has 1 saturated heterocycles. The van der Waals surface area contributed by atoms with Crippen LogP contribution in [-0.2, 0) is 15.8 Å². The summed E-state index contributed by atoms with van der Waals surface area (Å²) < 4.78 is 37.6. The first kappa shape index (κ1) is 12.4. The lowest BCUT2D eigenvalue weighted by molar-refractivity contribution is -0.138. The maximum Gasteiger partial charge on any atom is 0.416 e.